The van der Waals surface area contributed by atoms with Crippen LogP contribution in [0.25, 0.3) is 0 Å². The van der Waals surface area contributed by atoms with Crippen molar-refractivity contribution in [1.29, 1.82) is 0 Å². The van der Waals surface area contributed by atoms with E-state index in [-0.39, 0.29) is 0 Å². The normalized spacial score (nSPS) is 10.3. The molecule has 1 aromatic heterocycles. The first kappa shape index (κ1) is 11.9. The van der Waals surface area contributed by atoms with E-state index in [1.807, 2.05) is 31.2 Å². The van der Waals surface area contributed by atoms with Crippen LogP contribution in [0.15, 0.2) is 36.5 Å². The van der Waals surface area contributed by atoms with Crippen molar-refractivity contribution in [1.82, 2.24) is 4.98 Å². The predicted molar refractivity (Wildman–Crippen MR) is 73.1 cm³/mol. The SMILES string of the molecule is CCc1cc(Nc2cc(C)ccn2)ccc1Cl. The minimum absolute atomic E-state index is 0.815. The molecule has 0 aliphatic heterocycles. The molecule has 1 heterocycles. The van der Waals surface area contributed by atoms with Crippen molar-refractivity contribution < 1.29 is 0 Å². The van der Waals surface area contributed by atoms with Gasteiger partial charge in [0.15, 0.2) is 0 Å². The van der Waals surface area contributed by atoms with Gasteiger partial charge in [0, 0.05) is 16.9 Å². The summed E-state index contributed by atoms with van der Waals surface area (Å²) in [4.78, 5) is 4.27. The molecule has 0 bridgehead atoms. The molecule has 3 heteroatoms. The topological polar surface area (TPSA) is 24.9 Å². The third-order valence-electron chi connectivity index (χ3n) is 2.61. The maximum absolute atomic E-state index is 6.08. The number of nitrogens with one attached hydrogen (secondary N) is 1. The Morgan fingerprint density at radius 3 is 2.76 bits per heavy atom. The van der Waals surface area contributed by atoms with Gasteiger partial charge >= 0.3 is 0 Å². The maximum Gasteiger partial charge on any atom is 0.130 e. The Balaban J connectivity index is 2.24. The third-order valence-corrected chi connectivity index (χ3v) is 2.98. The van der Waals surface area contributed by atoms with Crippen molar-refractivity contribution >= 4 is 23.1 Å². The van der Waals surface area contributed by atoms with Crippen LogP contribution >= 0.6 is 11.6 Å². The molecular formula is C14H15ClN2. The first-order chi connectivity index (χ1) is 8.19. The lowest BCUT2D eigenvalue weighted by molar-refractivity contribution is 1.14. The van der Waals surface area contributed by atoms with E-state index in [1.54, 1.807) is 6.20 Å². The zero-order valence-electron chi connectivity index (χ0n) is 10.00. The van der Waals surface area contributed by atoms with Gasteiger partial charge in [-0.25, -0.2) is 4.98 Å². The molecule has 0 radical (unpaired) electrons. The monoisotopic (exact) mass is 246 g/mol. The van der Waals surface area contributed by atoms with Crippen LogP contribution in [-0.2, 0) is 6.42 Å². The number of pyridine rings is 1. The van der Waals surface area contributed by atoms with E-state index in [0.717, 1.165) is 28.5 Å². The van der Waals surface area contributed by atoms with Gasteiger partial charge in [0.25, 0.3) is 0 Å². The Labute approximate surface area is 107 Å². The van der Waals surface area contributed by atoms with Gasteiger partial charge in [-0.3, -0.25) is 0 Å². The fraction of sp³-hybridized carbons (Fsp3) is 0.214. The first-order valence-corrected chi connectivity index (χ1v) is 6.05. The average Bonchev–Trinajstić information content (AvgIpc) is 2.32. The molecule has 0 saturated carbocycles. The number of anilines is 2. The van der Waals surface area contributed by atoms with Gasteiger partial charge in [-0.05, 0) is 54.8 Å². The summed E-state index contributed by atoms with van der Waals surface area (Å²) in [6.07, 6.45) is 2.73. The lowest BCUT2D eigenvalue weighted by atomic mass is 10.1. The molecule has 1 N–H and O–H groups in total. The Kier molecular flexibility index (Phi) is 3.64. The minimum Gasteiger partial charge on any atom is -0.340 e. The summed E-state index contributed by atoms with van der Waals surface area (Å²) < 4.78 is 0. The van der Waals surface area contributed by atoms with Crippen molar-refractivity contribution in [3.63, 3.8) is 0 Å². The standard InChI is InChI=1S/C14H15ClN2/c1-3-11-9-12(4-5-13(11)15)17-14-8-10(2)6-7-16-14/h4-9H,3H2,1-2H3,(H,16,17). The molecule has 0 aliphatic rings. The Hall–Kier alpha value is -1.54. The van der Waals surface area contributed by atoms with Gasteiger partial charge < -0.3 is 5.32 Å². The van der Waals surface area contributed by atoms with Gasteiger partial charge in [0.05, 0.1) is 0 Å². The van der Waals surface area contributed by atoms with Crippen molar-refractivity contribution in [2.24, 2.45) is 0 Å². The molecule has 1 aromatic carbocycles. The van der Waals surface area contributed by atoms with E-state index in [2.05, 4.69) is 23.3 Å². The number of aryl methyl sites for hydroxylation is 2. The molecule has 2 nitrogen and oxygen atoms in total. The van der Waals surface area contributed by atoms with E-state index in [1.165, 1.54) is 5.56 Å². The summed E-state index contributed by atoms with van der Waals surface area (Å²) >= 11 is 6.08. The predicted octanol–water partition coefficient (Wildman–Crippen LogP) is 4.35. The maximum atomic E-state index is 6.08. The first-order valence-electron chi connectivity index (χ1n) is 5.67. The second kappa shape index (κ2) is 5.19. The minimum atomic E-state index is 0.815. The molecule has 0 atom stereocenters. The zero-order chi connectivity index (χ0) is 12.3. The molecule has 17 heavy (non-hydrogen) atoms. The molecule has 88 valence electrons. The number of hydrogen-bond acceptors (Lipinski definition) is 2. The Bertz CT molecular complexity index is 523. The molecule has 0 fully saturated rings. The second-order valence-corrected chi connectivity index (χ2v) is 4.41. The van der Waals surface area contributed by atoms with Crippen LogP contribution in [0.4, 0.5) is 11.5 Å². The van der Waals surface area contributed by atoms with E-state index < -0.39 is 0 Å². The lowest BCUT2D eigenvalue weighted by Crippen LogP contribution is -1.95. The lowest BCUT2D eigenvalue weighted by Gasteiger charge is -2.08. The molecular weight excluding hydrogens is 232 g/mol. The Morgan fingerprint density at radius 2 is 2.06 bits per heavy atom. The highest BCUT2D eigenvalue weighted by Crippen LogP contribution is 2.23. The van der Waals surface area contributed by atoms with Crippen LogP contribution in [0.1, 0.15) is 18.1 Å². The smallest absolute Gasteiger partial charge is 0.130 e. The molecule has 0 aliphatic carbocycles. The van der Waals surface area contributed by atoms with Crippen LogP contribution in [0.3, 0.4) is 0 Å². The van der Waals surface area contributed by atoms with E-state index in [4.69, 9.17) is 11.6 Å². The van der Waals surface area contributed by atoms with Crippen molar-refractivity contribution in [2.45, 2.75) is 20.3 Å². The zero-order valence-corrected chi connectivity index (χ0v) is 10.8. The van der Waals surface area contributed by atoms with Crippen LogP contribution in [0.2, 0.25) is 5.02 Å². The fourth-order valence-corrected chi connectivity index (χ4v) is 1.93. The summed E-state index contributed by atoms with van der Waals surface area (Å²) in [6.45, 7) is 4.14. The summed E-state index contributed by atoms with van der Waals surface area (Å²) in [6, 6.07) is 9.93. The van der Waals surface area contributed by atoms with Gasteiger partial charge in [-0.15, -0.1) is 0 Å². The van der Waals surface area contributed by atoms with Crippen LogP contribution in [0, 0.1) is 6.92 Å². The van der Waals surface area contributed by atoms with Crippen LogP contribution in [0.5, 0.6) is 0 Å². The summed E-state index contributed by atoms with van der Waals surface area (Å²) in [5.41, 5.74) is 3.35. The molecule has 0 spiro atoms. The molecule has 0 unspecified atom stereocenters. The summed E-state index contributed by atoms with van der Waals surface area (Å²) in [7, 11) is 0. The van der Waals surface area contributed by atoms with E-state index in [9.17, 15) is 0 Å². The third kappa shape index (κ3) is 2.98. The number of benzene rings is 1. The molecule has 2 rings (SSSR count). The van der Waals surface area contributed by atoms with Gasteiger partial charge in [-0.2, -0.15) is 0 Å². The quantitative estimate of drug-likeness (QED) is 0.871. The summed E-state index contributed by atoms with van der Waals surface area (Å²) in [5, 5.41) is 4.09. The fourth-order valence-electron chi connectivity index (χ4n) is 1.68. The van der Waals surface area contributed by atoms with Gasteiger partial charge in [-0.1, -0.05) is 18.5 Å². The number of hydrogen-bond donors (Lipinski definition) is 1. The molecule has 0 amide bonds. The second-order valence-electron chi connectivity index (χ2n) is 4.00. The molecule has 0 saturated heterocycles. The number of nitrogens with zero attached hydrogens (tertiary/aromatic N) is 1. The Morgan fingerprint density at radius 1 is 1.24 bits per heavy atom. The van der Waals surface area contributed by atoms with Crippen molar-refractivity contribution in [2.75, 3.05) is 5.32 Å². The molecule has 2 aromatic rings. The average molecular weight is 247 g/mol. The van der Waals surface area contributed by atoms with Gasteiger partial charge in [0.1, 0.15) is 5.82 Å². The highest BCUT2D eigenvalue weighted by molar-refractivity contribution is 6.31. The van der Waals surface area contributed by atoms with Crippen LogP contribution < -0.4 is 5.32 Å². The van der Waals surface area contributed by atoms with Crippen molar-refractivity contribution in [3.8, 4) is 0 Å². The number of halogens is 1. The summed E-state index contributed by atoms with van der Waals surface area (Å²) in [5.74, 6) is 0.856. The highest BCUT2D eigenvalue weighted by atomic mass is 35.5. The highest BCUT2D eigenvalue weighted by Gasteiger charge is 2.01. The van der Waals surface area contributed by atoms with E-state index >= 15 is 0 Å². The van der Waals surface area contributed by atoms with Crippen molar-refractivity contribution in [3.05, 3.63) is 52.7 Å². The largest absolute Gasteiger partial charge is 0.340 e. The number of rotatable bonds is 3. The van der Waals surface area contributed by atoms with Gasteiger partial charge in [0.2, 0.25) is 0 Å². The van der Waals surface area contributed by atoms with E-state index in [0.29, 0.717) is 0 Å². The number of aromatic nitrogens is 1. The van der Waals surface area contributed by atoms with Crippen LogP contribution in [-0.4, -0.2) is 4.98 Å².